The molecule has 2 heterocycles. The molecule has 1 atom stereocenters. The van der Waals surface area contributed by atoms with Crippen LogP contribution in [0.4, 0.5) is 11.6 Å². The van der Waals surface area contributed by atoms with E-state index in [1.807, 2.05) is 6.07 Å². The van der Waals surface area contributed by atoms with E-state index in [1.54, 1.807) is 6.33 Å². The Morgan fingerprint density at radius 2 is 2.33 bits per heavy atom. The molecule has 5 heteroatoms. The van der Waals surface area contributed by atoms with Crippen molar-refractivity contribution in [2.24, 2.45) is 0 Å². The van der Waals surface area contributed by atoms with Crippen LogP contribution in [0, 0.1) is 0 Å². The number of anilines is 2. The Bertz CT molecular complexity index is 381. The molecule has 2 rings (SSSR count). The SMILES string of the molecule is CCNc1cc(N(C)C2CCCN(C)C2)ncn1. The van der Waals surface area contributed by atoms with E-state index in [2.05, 4.69) is 46.1 Å². The lowest BCUT2D eigenvalue weighted by Crippen LogP contribution is -2.45. The normalized spacial score (nSPS) is 20.7. The lowest BCUT2D eigenvalue weighted by Gasteiger charge is -2.36. The molecule has 1 aliphatic rings. The van der Waals surface area contributed by atoms with Crippen molar-refractivity contribution in [2.75, 3.05) is 43.9 Å². The molecule has 0 amide bonds. The standard InChI is InChI=1S/C13H23N5/c1-4-14-12-8-13(16-10-15-12)18(3)11-6-5-7-17(2)9-11/h8,10-11H,4-7,9H2,1-3H3,(H,14,15,16). The van der Waals surface area contributed by atoms with Crippen LogP contribution in [-0.4, -0.2) is 54.6 Å². The maximum atomic E-state index is 4.38. The first-order valence-electron chi connectivity index (χ1n) is 6.68. The molecule has 0 radical (unpaired) electrons. The van der Waals surface area contributed by atoms with Crippen molar-refractivity contribution in [1.29, 1.82) is 0 Å². The van der Waals surface area contributed by atoms with Crippen LogP contribution in [-0.2, 0) is 0 Å². The molecule has 1 N–H and O–H groups in total. The molecule has 0 aliphatic carbocycles. The Hall–Kier alpha value is -1.36. The molecule has 1 unspecified atom stereocenters. The zero-order valence-electron chi connectivity index (χ0n) is 11.6. The molecule has 1 fully saturated rings. The van der Waals surface area contributed by atoms with Gasteiger partial charge in [-0.1, -0.05) is 0 Å². The summed E-state index contributed by atoms with van der Waals surface area (Å²) in [6.45, 7) is 5.27. The van der Waals surface area contributed by atoms with E-state index in [0.717, 1.165) is 24.7 Å². The van der Waals surface area contributed by atoms with Crippen molar-refractivity contribution in [3.63, 3.8) is 0 Å². The van der Waals surface area contributed by atoms with Crippen molar-refractivity contribution >= 4 is 11.6 Å². The van der Waals surface area contributed by atoms with Crippen LogP contribution < -0.4 is 10.2 Å². The van der Waals surface area contributed by atoms with E-state index in [4.69, 9.17) is 0 Å². The van der Waals surface area contributed by atoms with E-state index in [9.17, 15) is 0 Å². The highest BCUT2D eigenvalue weighted by Crippen LogP contribution is 2.20. The topological polar surface area (TPSA) is 44.3 Å². The molecule has 1 saturated heterocycles. The minimum atomic E-state index is 0.549. The number of aromatic nitrogens is 2. The van der Waals surface area contributed by atoms with Gasteiger partial charge in [0.25, 0.3) is 0 Å². The summed E-state index contributed by atoms with van der Waals surface area (Å²) in [5.74, 6) is 1.90. The molecule has 0 saturated carbocycles. The number of nitrogens with zero attached hydrogens (tertiary/aromatic N) is 4. The quantitative estimate of drug-likeness (QED) is 0.874. The summed E-state index contributed by atoms with van der Waals surface area (Å²) in [5.41, 5.74) is 0. The predicted molar refractivity (Wildman–Crippen MR) is 75.1 cm³/mol. The van der Waals surface area contributed by atoms with Gasteiger partial charge in [0.2, 0.25) is 0 Å². The van der Waals surface area contributed by atoms with E-state index in [-0.39, 0.29) is 0 Å². The van der Waals surface area contributed by atoms with E-state index in [0.29, 0.717) is 6.04 Å². The highest BCUT2D eigenvalue weighted by atomic mass is 15.2. The Kier molecular flexibility index (Phi) is 4.36. The molecular formula is C13H23N5. The molecule has 0 aromatic carbocycles. The molecule has 5 nitrogen and oxygen atoms in total. The summed E-state index contributed by atoms with van der Waals surface area (Å²) in [6.07, 6.45) is 4.13. The molecule has 18 heavy (non-hydrogen) atoms. The van der Waals surface area contributed by atoms with Crippen molar-refractivity contribution in [1.82, 2.24) is 14.9 Å². The minimum Gasteiger partial charge on any atom is -0.370 e. The third-order valence-electron chi connectivity index (χ3n) is 3.52. The van der Waals surface area contributed by atoms with E-state index in [1.165, 1.54) is 19.4 Å². The summed E-state index contributed by atoms with van der Waals surface area (Å²) in [6, 6.07) is 2.58. The fourth-order valence-corrected chi connectivity index (χ4v) is 2.46. The van der Waals surface area contributed by atoms with Gasteiger partial charge in [0.05, 0.1) is 0 Å². The Balaban J connectivity index is 2.07. The van der Waals surface area contributed by atoms with Crippen LogP contribution in [0.3, 0.4) is 0 Å². The monoisotopic (exact) mass is 249 g/mol. The lowest BCUT2D eigenvalue weighted by molar-refractivity contribution is 0.247. The van der Waals surface area contributed by atoms with Gasteiger partial charge < -0.3 is 15.1 Å². The van der Waals surface area contributed by atoms with Crippen LogP contribution >= 0.6 is 0 Å². The molecule has 1 aromatic heterocycles. The zero-order valence-corrected chi connectivity index (χ0v) is 11.6. The highest BCUT2D eigenvalue weighted by Gasteiger charge is 2.22. The summed E-state index contributed by atoms with van der Waals surface area (Å²) in [4.78, 5) is 13.3. The summed E-state index contributed by atoms with van der Waals surface area (Å²) in [7, 11) is 4.31. The third kappa shape index (κ3) is 3.10. The van der Waals surface area contributed by atoms with Crippen LogP contribution in [0.25, 0.3) is 0 Å². The smallest absolute Gasteiger partial charge is 0.134 e. The van der Waals surface area contributed by atoms with Crippen molar-refractivity contribution in [3.05, 3.63) is 12.4 Å². The molecule has 0 bridgehead atoms. The Labute approximate surface area is 109 Å². The van der Waals surface area contributed by atoms with Crippen LogP contribution in [0.2, 0.25) is 0 Å². The largest absolute Gasteiger partial charge is 0.370 e. The number of hydrogen-bond donors (Lipinski definition) is 1. The van der Waals surface area contributed by atoms with E-state index < -0.39 is 0 Å². The number of piperidine rings is 1. The Morgan fingerprint density at radius 1 is 1.50 bits per heavy atom. The first-order chi connectivity index (χ1) is 8.70. The van der Waals surface area contributed by atoms with Gasteiger partial charge in [-0.2, -0.15) is 0 Å². The number of likely N-dealkylation sites (tertiary alicyclic amines) is 1. The second kappa shape index (κ2) is 6.00. The maximum Gasteiger partial charge on any atom is 0.134 e. The molecule has 100 valence electrons. The van der Waals surface area contributed by atoms with Gasteiger partial charge in [-0.15, -0.1) is 0 Å². The fraction of sp³-hybridized carbons (Fsp3) is 0.692. The van der Waals surface area contributed by atoms with Gasteiger partial charge >= 0.3 is 0 Å². The first-order valence-corrected chi connectivity index (χ1v) is 6.68. The van der Waals surface area contributed by atoms with Crippen LogP contribution in [0.15, 0.2) is 12.4 Å². The summed E-state index contributed by atoms with van der Waals surface area (Å²) in [5, 5.41) is 3.23. The average Bonchev–Trinajstić information content (AvgIpc) is 2.39. The number of rotatable bonds is 4. The third-order valence-corrected chi connectivity index (χ3v) is 3.52. The Morgan fingerprint density at radius 3 is 3.06 bits per heavy atom. The van der Waals surface area contributed by atoms with Gasteiger partial charge in [-0.05, 0) is 33.4 Å². The highest BCUT2D eigenvalue weighted by molar-refractivity contribution is 5.48. The van der Waals surface area contributed by atoms with Gasteiger partial charge in [0, 0.05) is 32.2 Å². The van der Waals surface area contributed by atoms with Crippen molar-refractivity contribution < 1.29 is 0 Å². The molecular weight excluding hydrogens is 226 g/mol. The second-order valence-electron chi connectivity index (χ2n) is 4.96. The van der Waals surface area contributed by atoms with E-state index >= 15 is 0 Å². The van der Waals surface area contributed by atoms with Crippen LogP contribution in [0.1, 0.15) is 19.8 Å². The molecule has 1 aliphatic heterocycles. The minimum absolute atomic E-state index is 0.549. The number of likely N-dealkylation sites (N-methyl/N-ethyl adjacent to an activating group) is 2. The van der Waals surface area contributed by atoms with Gasteiger partial charge in [0.15, 0.2) is 0 Å². The van der Waals surface area contributed by atoms with Crippen LogP contribution in [0.5, 0.6) is 0 Å². The number of hydrogen-bond acceptors (Lipinski definition) is 5. The number of nitrogens with one attached hydrogen (secondary N) is 1. The first kappa shape index (κ1) is 13.1. The fourth-order valence-electron chi connectivity index (χ4n) is 2.46. The zero-order chi connectivity index (χ0) is 13.0. The van der Waals surface area contributed by atoms with Crippen molar-refractivity contribution in [2.45, 2.75) is 25.8 Å². The van der Waals surface area contributed by atoms with Gasteiger partial charge in [-0.25, -0.2) is 9.97 Å². The predicted octanol–water partition coefficient (Wildman–Crippen LogP) is 1.44. The molecule has 0 spiro atoms. The lowest BCUT2D eigenvalue weighted by atomic mass is 10.1. The van der Waals surface area contributed by atoms with Crippen molar-refractivity contribution in [3.8, 4) is 0 Å². The average molecular weight is 249 g/mol. The summed E-state index contributed by atoms with van der Waals surface area (Å²) < 4.78 is 0. The van der Waals surface area contributed by atoms with Gasteiger partial charge in [-0.3, -0.25) is 0 Å². The summed E-state index contributed by atoms with van der Waals surface area (Å²) >= 11 is 0. The maximum absolute atomic E-state index is 4.38. The second-order valence-corrected chi connectivity index (χ2v) is 4.96. The molecule has 1 aromatic rings. The van der Waals surface area contributed by atoms with Gasteiger partial charge in [0.1, 0.15) is 18.0 Å².